The van der Waals surface area contributed by atoms with Crippen molar-refractivity contribution >= 4 is 22.6 Å². The van der Waals surface area contributed by atoms with Crippen molar-refractivity contribution in [1.82, 2.24) is 0 Å². The summed E-state index contributed by atoms with van der Waals surface area (Å²) < 4.78 is 6.91. The minimum absolute atomic E-state index is 0.540. The Balaban J connectivity index is 2.08. The monoisotopic (exact) mass is 339 g/mol. The molecule has 0 saturated carbocycles. The van der Waals surface area contributed by atoms with E-state index in [-0.39, 0.29) is 0 Å². The summed E-state index contributed by atoms with van der Waals surface area (Å²) in [6.45, 7) is 1.13. The largest absolute Gasteiger partial charge is 0.488 e. The van der Waals surface area contributed by atoms with E-state index >= 15 is 0 Å². The van der Waals surface area contributed by atoms with Gasteiger partial charge in [0.1, 0.15) is 12.4 Å². The number of nitrogens with two attached hydrogens (primary N) is 1. The summed E-state index contributed by atoms with van der Waals surface area (Å²) in [6, 6.07) is 16.2. The maximum Gasteiger partial charge on any atom is 0.133 e. The van der Waals surface area contributed by atoms with Gasteiger partial charge in [-0.25, -0.2) is 0 Å². The van der Waals surface area contributed by atoms with Gasteiger partial charge in [0.25, 0.3) is 0 Å². The molecule has 0 heterocycles. The van der Waals surface area contributed by atoms with Crippen molar-refractivity contribution in [3.05, 3.63) is 63.2 Å². The third-order valence-electron chi connectivity index (χ3n) is 2.47. The molecule has 0 radical (unpaired) electrons. The topological polar surface area (TPSA) is 35.2 Å². The quantitative estimate of drug-likeness (QED) is 0.868. The second-order valence-corrected chi connectivity index (χ2v) is 4.91. The summed E-state index contributed by atoms with van der Waals surface area (Å²) in [7, 11) is 0. The molecule has 0 bridgehead atoms. The van der Waals surface area contributed by atoms with Gasteiger partial charge in [0.2, 0.25) is 0 Å². The van der Waals surface area contributed by atoms with Crippen LogP contribution >= 0.6 is 22.6 Å². The Morgan fingerprint density at radius 3 is 2.47 bits per heavy atom. The van der Waals surface area contributed by atoms with Crippen molar-refractivity contribution in [2.24, 2.45) is 5.73 Å². The number of hydrogen-bond donors (Lipinski definition) is 1. The van der Waals surface area contributed by atoms with Crippen LogP contribution in [0.5, 0.6) is 5.75 Å². The summed E-state index contributed by atoms with van der Waals surface area (Å²) >= 11 is 2.27. The van der Waals surface area contributed by atoms with Gasteiger partial charge in [0.05, 0.1) is 3.57 Å². The van der Waals surface area contributed by atoms with E-state index in [0.29, 0.717) is 13.2 Å². The molecule has 0 spiro atoms. The van der Waals surface area contributed by atoms with Gasteiger partial charge in [-0.15, -0.1) is 0 Å². The van der Waals surface area contributed by atoms with E-state index in [0.717, 1.165) is 14.9 Å². The highest BCUT2D eigenvalue weighted by molar-refractivity contribution is 14.1. The molecule has 2 rings (SSSR count). The number of ether oxygens (including phenoxy) is 1. The second-order valence-electron chi connectivity index (χ2n) is 3.74. The van der Waals surface area contributed by atoms with Crippen molar-refractivity contribution in [3.63, 3.8) is 0 Å². The molecule has 3 heteroatoms. The van der Waals surface area contributed by atoms with E-state index in [1.165, 1.54) is 5.56 Å². The first-order chi connectivity index (χ1) is 8.29. The first-order valence-corrected chi connectivity index (χ1v) is 6.52. The highest BCUT2D eigenvalue weighted by Gasteiger charge is 2.02. The standard InChI is InChI=1S/C14H14INO/c15-13-7-6-12(9-16)8-14(13)17-10-11-4-2-1-3-5-11/h1-8H,9-10,16H2. The smallest absolute Gasteiger partial charge is 0.133 e. The molecule has 0 atom stereocenters. The number of rotatable bonds is 4. The van der Waals surface area contributed by atoms with E-state index < -0.39 is 0 Å². The highest BCUT2D eigenvalue weighted by atomic mass is 127. The van der Waals surface area contributed by atoms with Gasteiger partial charge in [-0.2, -0.15) is 0 Å². The molecule has 88 valence electrons. The van der Waals surface area contributed by atoms with Crippen molar-refractivity contribution in [2.75, 3.05) is 0 Å². The molecule has 2 N–H and O–H groups in total. The van der Waals surface area contributed by atoms with Crippen LogP contribution in [-0.4, -0.2) is 0 Å². The van der Waals surface area contributed by atoms with E-state index in [1.807, 2.05) is 36.4 Å². The average Bonchev–Trinajstić information content (AvgIpc) is 2.39. The fourth-order valence-corrected chi connectivity index (χ4v) is 2.01. The fraction of sp³-hybridized carbons (Fsp3) is 0.143. The fourth-order valence-electron chi connectivity index (χ4n) is 1.52. The summed E-state index contributed by atoms with van der Waals surface area (Å²) in [4.78, 5) is 0. The van der Waals surface area contributed by atoms with Crippen LogP contribution in [-0.2, 0) is 13.2 Å². The van der Waals surface area contributed by atoms with Gasteiger partial charge in [0.15, 0.2) is 0 Å². The summed E-state index contributed by atoms with van der Waals surface area (Å²) in [6.07, 6.45) is 0. The van der Waals surface area contributed by atoms with E-state index in [4.69, 9.17) is 10.5 Å². The number of halogens is 1. The zero-order chi connectivity index (χ0) is 12.1. The van der Waals surface area contributed by atoms with Crippen LogP contribution in [0.25, 0.3) is 0 Å². The van der Waals surface area contributed by atoms with Crippen LogP contribution in [0.1, 0.15) is 11.1 Å². The number of benzene rings is 2. The van der Waals surface area contributed by atoms with Crippen LogP contribution in [0, 0.1) is 3.57 Å². The lowest BCUT2D eigenvalue weighted by Gasteiger charge is -2.09. The van der Waals surface area contributed by atoms with Gasteiger partial charge in [0, 0.05) is 6.54 Å². The van der Waals surface area contributed by atoms with Gasteiger partial charge in [-0.3, -0.25) is 0 Å². The van der Waals surface area contributed by atoms with Gasteiger partial charge in [-0.1, -0.05) is 36.4 Å². The molecule has 0 fully saturated rings. The molecule has 0 saturated heterocycles. The third kappa shape index (κ3) is 3.44. The Morgan fingerprint density at radius 1 is 1.00 bits per heavy atom. The summed E-state index contributed by atoms with van der Waals surface area (Å²) in [5.74, 6) is 0.900. The van der Waals surface area contributed by atoms with Crippen molar-refractivity contribution in [3.8, 4) is 5.75 Å². The lowest BCUT2D eigenvalue weighted by atomic mass is 10.2. The predicted molar refractivity (Wildman–Crippen MR) is 77.8 cm³/mol. The minimum atomic E-state index is 0.540. The molecule has 0 aliphatic carbocycles. The van der Waals surface area contributed by atoms with Gasteiger partial charge < -0.3 is 10.5 Å². The Labute approximate surface area is 115 Å². The van der Waals surface area contributed by atoms with Crippen molar-refractivity contribution in [1.29, 1.82) is 0 Å². The van der Waals surface area contributed by atoms with E-state index in [1.54, 1.807) is 0 Å². The summed E-state index contributed by atoms with van der Waals surface area (Å²) in [5, 5.41) is 0. The molecule has 0 aliphatic rings. The third-order valence-corrected chi connectivity index (χ3v) is 3.36. The van der Waals surface area contributed by atoms with Gasteiger partial charge >= 0.3 is 0 Å². The summed E-state index contributed by atoms with van der Waals surface area (Å²) in [5.41, 5.74) is 7.88. The number of hydrogen-bond acceptors (Lipinski definition) is 2. The first-order valence-electron chi connectivity index (χ1n) is 5.45. The van der Waals surface area contributed by atoms with E-state index in [2.05, 4.69) is 34.7 Å². The SMILES string of the molecule is NCc1ccc(I)c(OCc2ccccc2)c1. The zero-order valence-electron chi connectivity index (χ0n) is 9.40. The molecule has 2 aromatic rings. The lowest BCUT2D eigenvalue weighted by molar-refractivity contribution is 0.303. The van der Waals surface area contributed by atoms with Crippen molar-refractivity contribution < 1.29 is 4.74 Å². The molecule has 17 heavy (non-hydrogen) atoms. The highest BCUT2D eigenvalue weighted by Crippen LogP contribution is 2.23. The predicted octanol–water partition coefficient (Wildman–Crippen LogP) is 3.33. The Hall–Kier alpha value is -1.07. The lowest BCUT2D eigenvalue weighted by Crippen LogP contribution is -2.00. The molecule has 0 aromatic heterocycles. The van der Waals surface area contributed by atoms with Gasteiger partial charge in [-0.05, 0) is 45.9 Å². The second kappa shape index (κ2) is 6.02. The van der Waals surface area contributed by atoms with Crippen LogP contribution < -0.4 is 10.5 Å². The van der Waals surface area contributed by atoms with Crippen LogP contribution in [0.2, 0.25) is 0 Å². The molecule has 0 amide bonds. The van der Waals surface area contributed by atoms with E-state index in [9.17, 15) is 0 Å². The minimum Gasteiger partial charge on any atom is -0.488 e. The van der Waals surface area contributed by atoms with Crippen molar-refractivity contribution in [2.45, 2.75) is 13.2 Å². The Bertz CT molecular complexity index is 485. The molecule has 0 aliphatic heterocycles. The molecule has 2 nitrogen and oxygen atoms in total. The molecule has 2 aromatic carbocycles. The Morgan fingerprint density at radius 2 is 1.76 bits per heavy atom. The Kier molecular flexibility index (Phi) is 4.39. The molecular formula is C14H14INO. The molecular weight excluding hydrogens is 325 g/mol. The maximum atomic E-state index is 5.80. The maximum absolute atomic E-state index is 5.80. The zero-order valence-corrected chi connectivity index (χ0v) is 11.6. The normalized spacial score (nSPS) is 10.2. The first kappa shape index (κ1) is 12.4. The van der Waals surface area contributed by atoms with Crippen LogP contribution in [0.3, 0.4) is 0 Å². The average molecular weight is 339 g/mol. The van der Waals surface area contributed by atoms with Crippen LogP contribution in [0.4, 0.5) is 0 Å². The molecule has 0 unspecified atom stereocenters. The van der Waals surface area contributed by atoms with Crippen LogP contribution in [0.15, 0.2) is 48.5 Å².